The number of nitrogens with one attached hydrogen (secondary N) is 1. The van der Waals surface area contributed by atoms with Gasteiger partial charge in [0, 0.05) is 0 Å². The molecule has 1 heterocycles. The van der Waals surface area contributed by atoms with Crippen molar-refractivity contribution < 1.29 is 0 Å². The predicted octanol–water partition coefficient (Wildman–Crippen LogP) is 2.13. The Morgan fingerprint density at radius 1 is 1.55 bits per heavy atom. The number of piperidine rings is 1. The molecule has 1 unspecified atom stereocenters. The lowest BCUT2D eigenvalue weighted by atomic mass is 9.95. The van der Waals surface area contributed by atoms with Gasteiger partial charge in [0.15, 0.2) is 0 Å². The van der Waals surface area contributed by atoms with Crippen LogP contribution >= 0.6 is 11.8 Å². The summed E-state index contributed by atoms with van der Waals surface area (Å²) in [6.07, 6.45) is 7.89. The molecule has 1 aliphatic heterocycles. The molecule has 1 fully saturated rings. The van der Waals surface area contributed by atoms with E-state index in [-0.39, 0.29) is 0 Å². The molecule has 0 bridgehead atoms. The standard InChI is InChI=1S/C9H19NS/c1-11-7-3-5-9-4-2-6-10-8-9/h9-10H,2-8H2,1H3. The van der Waals surface area contributed by atoms with Crippen molar-refractivity contribution in [3.63, 3.8) is 0 Å². The maximum atomic E-state index is 3.45. The number of hydrogen-bond donors (Lipinski definition) is 1. The van der Waals surface area contributed by atoms with Crippen molar-refractivity contribution in [1.29, 1.82) is 0 Å². The van der Waals surface area contributed by atoms with E-state index < -0.39 is 0 Å². The maximum absolute atomic E-state index is 3.45. The minimum atomic E-state index is 0.982. The van der Waals surface area contributed by atoms with Crippen LogP contribution in [0.4, 0.5) is 0 Å². The molecule has 1 rings (SSSR count). The average Bonchev–Trinajstić information content (AvgIpc) is 2.07. The zero-order valence-electron chi connectivity index (χ0n) is 7.44. The van der Waals surface area contributed by atoms with Crippen molar-refractivity contribution in [2.75, 3.05) is 25.1 Å². The first-order valence-corrected chi connectivity index (χ1v) is 6.02. The van der Waals surface area contributed by atoms with Crippen molar-refractivity contribution in [3.05, 3.63) is 0 Å². The lowest BCUT2D eigenvalue weighted by Gasteiger charge is -2.22. The lowest BCUT2D eigenvalue weighted by molar-refractivity contribution is 0.356. The third-order valence-corrected chi connectivity index (χ3v) is 3.06. The Bertz CT molecular complexity index is 89.6. The monoisotopic (exact) mass is 173 g/mol. The highest BCUT2D eigenvalue weighted by Crippen LogP contribution is 2.16. The van der Waals surface area contributed by atoms with Gasteiger partial charge in [-0.2, -0.15) is 11.8 Å². The van der Waals surface area contributed by atoms with Gasteiger partial charge < -0.3 is 5.32 Å². The molecule has 0 aromatic heterocycles. The van der Waals surface area contributed by atoms with Crippen molar-refractivity contribution in [2.24, 2.45) is 5.92 Å². The Balaban J connectivity index is 1.96. The van der Waals surface area contributed by atoms with Gasteiger partial charge in [-0.25, -0.2) is 0 Å². The molecule has 2 heteroatoms. The Labute approximate surface area is 74.3 Å². The Kier molecular flexibility index (Phi) is 5.04. The Hall–Kier alpha value is 0.310. The van der Waals surface area contributed by atoms with Crippen LogP contribution in [-0.2, 0) is 0 Å². The molecule has 0 radical (unpaired) electrons. The van der Waals surface area contributed by atoms with E-state index in [1.807, 2.05) is 11.8 Å². The van der Waals surface area contributed by atoms with Gasteiger partial charge in [0.05, 0.1) is 0 Å². The lowest BCUT2D eigenvalue weighted by Crippen LogP contribution is -2.29. The quantitative estimate of drug-likeness (QED) is 0.654. The second kappa shape index (κ2) is 5.90. The molecule has 0 aromatic rings. The first kappa shape index (κ1) is 9.40. The van der Waals surface area contributed by atoms with Gasteiger partial charge >= 0.3 is 0 Å². The summed E-state index contributed by atoms with van der Waals surface area (Å²) >= 11 is 1.97. The van der Waals surface area contributed by atoms with E-state index in [4.69, 9.17) is 0 Å². The normalized spacial score (nSPS) is 25.4. The molecule has 0 spiro atoms. The van der Waals surface area contributed by atoms with Crippen molar-refractivity contribution in [3.8, 4) is 0 Å². The topological polar surface area (TPSA) is 12.0 Å². The van der Waals surface area contributed by atoms with Crippen molar-refractivity contribution in [2.45, 2.75) is 25.7 Å². The van der Waals surface area contributed by atoms with Crippen LogP contribution < -0.4 is 5.32 Å². The summed E-state index contributed by atoms with van der Waals surface area (Å²) in [7, 11) is 0. The molecule has 1 aliphatic rings. The smallest absolute Gasteiger partial charge is 0.00205 e. The van der Waals surface area contributed by atoms with Gasteiger partial charge in [-0.15, -0.1) is 0 Å². The summed E-state index contributed by atoms with van der Waals surface area (Å²) in [6, 6.07) is 0. The fraction of sp³-hybridized carbons (Fsp3) is 1.00. The molecular weight excluding hydrogens is 154 g/mol. The molecule has 1 atom stereocenters. The van der Waals surface area contributed by atoms with Crippen LogP contribution in [-0.4, -0.2) is 25.1 Å². The summed E-state index contributed by atoms with van der Waals surface area (Å²) in [5.74, 6) is 2.33. The third-order valence-electron chi connectivity index (χ3n) is 2.36. The molecule has 0 aromatic carbocycles. The fourth-order valence-electron chi connectivity index (χ4n) is 1.69. The molecule has 0 saturated carbocycles. The number of hydrogen-bond acceptors (Lipinski definition) is 2. The van der Waals surface area contributed by atoms with Gasteiger partial charge in [-0.3, -0.25) is 0 Å². The number of thioether (sulfide) groups is 1. The molecular formula is C9H19NS. The van der Waals surface area contributed by atoms with Gasteiger partial charge in [-0.1, -0.05) is 0 Å². The highest BCUT2D eigenvalue weighted by atomic mass is 32.2. The Morgan fingerprint density at radius 2 is 2.45 bits per heavy atom. The van der Waals surface area contributed by atoms with Crippen LogP contribution in [0.1, 0.15) is 25.7 Å². The third kappa shape index (κ3) is 4.02. The molecule has 11 heavy (non-hydrogen) atoms. The molecule has 1 nitrogen and oxygen atoms in total. The van der Waals surface area contributed by atoms with Crippen molar-refractivity contribution in [1.82, 2.24) is 5.32 Å². The molecule has 1 N–H and O–H groups in total. The fourth-order valence-corrected chi connectivity index (χ4v) is 2.14. The Morgan fingerprint density at radius 3 is 3.09 bits per heavy atom. The summed E-state index contributed by atoms with van der Waals surface area (Å²) in [5, 5.41) is 3.45. The van der Waals surface area contributed by atoms with E-state index in [9.17, 15) is 0 Å². The molecule has 66 valence electrons. The van der Waals surface area contributed by atoms with E-state index in [0.29, 0.717) is 0 Å². The SMILES string of the molecule is CSCCCC1CCCNC1. The highest BCUT2D eigenvalue weighted by Gasteiger charge is 2.11. The molecule has 0 amide bonds. The predicted molar refractivity (Wildman–Crippen MR) is 53.2 cm³/mol. The maximum Gasteiger partial charge on any atom is -0.00205 e. The van der Waals surface area contributed by atoms with Crippen molar-refractivity contribution >= 4 is 11.8 Å². The zero-order valence-corrected chi connectivity index (χ0v) is 8.25. The average molecular weight is 173 g/mol. The van der Waals surface area contributed by atoms with Gasteiger partial charge in [0.25, 0.3) is 0 Å². The number of rotatable bonds is 4. The molecule has 1 saturated heterocycles. The summed E-state index contributed by atoms with van der Waals surface area (Å²) in [6.45, 7) is 2.52. The van der Waals surface area contributed by atoms with Gasteiger partial charge in [0.1, 0.15) is 0 Å². The van der Waals surface area contributed by atoms with E-state index >= 15 is 0 Å². The van der Waals surface area contributed by atoms with E-state index in [1.165, 1.54) is 44.5 Å². The second-order valence-electron chi connectivity index (χ2n) is 3.35. The zero-order chi connectivity index (χ0) is 7.94. The van der Waals surface area contributed by atoms with Gasteiger partial charge in [0.2, 0.25) is 0 Å². The second-order valence-corrected chi connectivity index (χ2v) is 4.33. The van der Waals surface area contributed by atoms with Crippen LogP contribution in [0.5, 0.6) is 0 Å². The van der Waals surface area contributed by atoms with E-state index in [0.717, 1.165) is 5.92 Å². The first-order chi connectivity index (χ1) is 5.43. The van der Waals surface area contributed by atoms with Crippen LogP contribution in [0.2, 0.25) is 0 Å². The van der Waals surface area contributed by atoms with Crippen LogP contribution in [0.3, 0.4) is 0 Å². The largest absolute Gasteiger partial charge is 0.316 e. The first-order valence-electron chi connectivity index (χ1n) is 4.63. The van der Waals surface area contributed by atoms with Crippen LogP contribution in [0, 0.1) is 5.92 Å². The van der Waals surface area contributed by atoms with Gasteiger partial charge in [-0.05, 0) is 56.7 Å². The van der Waals surface area contributed by atoms with Crippen LogP contribution in [0.15, 0.2) is 0 Å². The van der Waals surface area contributed by atoms with Crippen LogP contribution in [0.25, 0.3) is 0 Å². The minimum absolute atomic E-state index is 0.982. The molecule has 0 aliphatic carbocycles. The minimum Gasteiger partial charge on any atom is -0.316 e. The summed E-state index contributed by atoms with van der Waals surface area (Å²) < 4.78 is 0. The summed E-state index contributed by atoms with van der Waals surface area (Å²) in [5.41, 5.74) is 0. The van der Waals surface area contributed by atoms with E-state index in [1.54, 1.807) is 0 Å². The highest BCUT2D eigenvalue weighted by molar-refractivity contribution is 7.98. The van der Waals surface area contributed by atoms with E-state index in [2.05, 4.69) is 11.6 Å². The summed E-state index contributed by atoms with van der Waals surface area (Å²) in [4.78, 5) is 0.